The molecule has 0 aliphatic heterocycles. The summed E-state index contributed by atoms with van der Waals surface area (Å²) in [5, 5.41) is 0.999. The zero-order valence-corrected chi connectivity index (χ0v) is 18.0. The lowest BCUT2D eigenvalue weighted by molar-refractivity contribution is 0.0425. The third-order valence-electron chi connectivity index (χ3n) is 4.50. The first kappa shape index (κ1) is 20.9. The molecule has 2 aromatic heterocycles. The first-order valence-corrected chi connectivity index (χ1v) is 11.1. The highest BCUT2D eigenvalue weighted by Gasteiger charge is 2.23. The minimum atomic E-state index is -1.30. The Morgan fingerprint density at radius 3 is 2.79 bits per heavy atom. The number of hydrogen-bond donors (Lipinski definition) is 0. The van der Waals surface area contributed by atoms with Gasteiger partial charge in [-0.1, -0.05) is 18.5 Å². The lowest BCUT2D eigenvalue weighted by atomic mass is 10.2. The van der Waals surface area contributed by atoms with Gasteiger partial charge in [0.25, 0.3) is 0 Å². The maximum atomic E-state index is 12.3. The van der Waals surface area contributed by atoms with Gasteiger partial charge in [0.05, 0.1) is 23.7 Å². The fourth-order valence-electron chi connectivity index (χ4n) is 2.84. The lowest BCUT2D eigenvalue weighted by Crippen LogP contribution is -2.14. The summed E-state index contributed by atoms with van der Waals surface area (Å²) in [5.74, 6) is 1.34. The van der Waals surface area contributed by atoms with Crippen LogP contribution >= 0.6 is 11.6 Å². The van der Waals surface area contributed by atoms with Crippen LogP contribution in [0.25, 0.3) is 16.9 Å². The van der Waals surface area contributed by atoms with Crippen molar-refractivity contribution in [2.45, 2.75) is 38.5 Å². The average molecular weight is 422 g/mol. The predicted octanol–water partition coefficient (Wildman–Crippen LogP) is 4.31. The van der Waals surface area contributed by atoms with E-state index in [-0.39, 0.29) is 6.10 Å². The van der Waals surface area contributed by atoms with Gasteiger partial charge in [-0.3, -0.25) is 0 Å². The molecule has 3 aromatic rings. The zero-order valence-electron chi connectivity index (χ0n) is 16.4. The Bertz CT molecular complexity index is 961. The van der Waals surface area contributed by atoms with E-state index in [9.17, 15) is 4.55 Å². The fraction of sp³-hybridized carbons (Fsp3) is 0.400. The number of ether oxygens (including phenoxy) is 2. The number of nitrogens with zero attached hydrogens (tertiary/aromatic N) is 3. The van der Waals surface area contributed by atoms with Crippen LogP contribution in [0.4, 0.5) is 0 Å². The first-order valence-electron chi connectivity index (χ1n) is 9.14. The number of benzene rings is 1. The standard InChI is InChI=1S/C20H24ClN3O3S/c1-5-13(2)26-10-11-27-18-8-9-22-19(14(18)3)24-17-7-6-15(21)12-16(17)23-20(24)28(4)25/h6-9,12-13H,5,10-11H2,1-4H3. The van der Waals surface area contributed by atoms with E-state index in [1.54, 1.807) is 29.2 Å². The van der Waals surface area contributed by atoms with Crippen LogP contribution in [0.5, 0.6) is 5.75 Å². The molecular weight excluding hydrogens is 398 g/mol. The van der Waals surface area contributed by atoms with Gasteiger partial charge in [-0.05, 0) is 44.5 Å². The van der Waals surface area contributed by atoms with Crippen molar-refractivity contribution in [1.29, 1.82) is 0 Å². The predicted molar refractivity (Wildman–Crippen MR) is 112 cm³/mol. The van der Waals surface area contributed by atoms with Gasteiger partial charge in [0, 0.05) is 28.0 Å². The molecule has 0 N–H and O–H groups in total. The van der Waals surface area contributed by atoms with E-state index in [4.69, 9.17) is 21.1 Å². The van der Waals surface area contributed by atoms with Crippen LogP contribution in [0.15, 0.2) is 35.6 Å². The van der Waals surface area contributed by atoms with E-state index in [0.29, 0.717) is 40.5 Å². The molecule has 0 saturated heterocycles. The molecule has 0 saturated carbocycles. The van der Waals surface area contributed by atoms with Gasteiger partial charge < -0.3 is 14.0 Å². The summed E-state index contributed by atoms with van der Waals surface area (Å²) < 4.78 is 25.7. The average Bonchev–Trinajstić information content (AvgIpc) is 3.04. The number of halogens is 1. The van der Waals surface area contributed by atoms with Gasteiger partial charge >= 0.3 is 5.16 Å². The molecule has 0 aliphatic carbocycles. The summed E-state index contributed by atoms with van der Waals surface area (Å²) in [7, 11) is 0. The van der Waals surface area contributed by atoms with Crippen molar-refractivity contribution in [3.8, 4) is 11.6 Å². The van der Waals surface area contributed by atoms with Gasteiger partial charge in [-0.25, -0.2) is 9.55 Å². The number of imidazole rings is 1. The van der Waals surface area contributed by atoms with Crippen LogP contribution in [0.1, 0.15) is 25.8 Å². The van der Waals surface area contributed by atoms with Crippen LogP contribution in [-0.4, -0.2) is 44.7 Å². The van der Waals surface area contributed by atoms with Gasteiger partial charge in [0.2, 0.25) is 0 Å². The Morgan fingerprint density at radius 2 is 2.07 bits per heavy atom. The molecule has 0 radical (unpaired) electrons. The molecule has 0 amide bonds. The fourth-order valence-corrected chi connectivity index (χ4v) is 3.67. The summed E-state index contributed by atoms with van der Waals surface area (Å²) in [6, 6.07) is 7.22. The first-order chi connectivity index (χ1) is 13.4. The highest BCUT2D eigenvalue weighted by atomic mass is 35.5. The van der Waals surface area contributed by atoms with Gasteiger partial charge in [-0.15, -0.1) is 0 Å². The monoisotopic (exact) mass is 421 g/mol. The molecule has 2 heterocycles. The number of rotatable bonds is 8. The van der Waals surface area contributed by atoms with E-state index in [1.807, 2.05) is 26.0 Å². The normalized spacial score (nSPS) is 13.6. The van der Waals surface area contributed by atoms with Crippen molar-refractivity contribution >= 4 is 33.8 Å². The Morgan fingerprint density at radius 1 is 1.29 bits per heavy atom. The van der Waals surface area contributed by atoms with Gasteiger partial charge in [0.15, 0.2) is 0 Å². The maximum Gasteiger partial charge on any atom is 0.329 e. The molecular formula is C20H24ClN3O3S. The van der Waals surface area contributed by atoms with Crippen molar-refractivity contribution in [1.82, 2.24) is 14.5 Å². The molecule has 0 spiro atoms. The number of pyridine rings is 1. The summed E-state index contributed by atoms with van der Waals surface area (Å²) >= 11 is 4.79. The van der Waals surface area contributed by atoms with E-state index in [0.717, 1.165) is 17.5 Å². The molecule has 1 aromatic carbocycles. The summed E-state index contributed by atoms with van der Waals surface area (Å²) in [6.45, 7) is 7.02. The van der Waals surface area contributed by atoms with Crippen LogP contribution in [0, 0.1) is 6.92 Å². The van der Waals surface area contributed by atoms with Crippen LogP contribution in [0.2, 0.25) is 5.02 Å². The van der Waals surface area contributed by atoms with Gasteiger partial charge in [0.1, 0.15) is 24.4 Å². The Labute approximate surface area is 173 Å². The van der Waals surface area contributed by atoms with Crippen LogP contribution in [-0.2, 0) is 15.9 Å². The minimum Gasteiger partial charge on any atom is -0.609 e. The lowest BCUT2D eigenvalue weighted by Gasteiger charge is -2.15. The van der Waals surface area contributed by atoms with E-state index in [1.165, 1.54) is 0 Å². The molecule has 2 atom stereocenters. The molecule has 6 nitrogen and oxygen atoms in total. The second-order valence-electron chi connectivity index (χ2n) is 6.51. The zero-order chi connectivity index (χ0) is 20.3. The summed E-state index contributed by atoms with van der Waals surface area (Å²) in [5.41, 5.74) is 2.31. The summed E-state index contributed by atoms with van der Waals surface area (Å²) in [4.78, 5) is 9.01. The SMILES string of the molecule is CCC(C)OCCOc1ccnc(-n2c([S+](C)[O-])nc3cc(Cl)ccc32)c1C. The van der Waals surface area contributed by atoms with Crippen LogP contribution < -0.4 is 4.74 Å². The Kier molecular flexibility index (Phi) is 6.82. The molecule has 0 bridgehead atoms. The molecule has 8 heteroatoms. The molecule has 150 valence electrons. The van der Waals surface area contributed by atoms with Crippen LogP contribution in [0.3, 0.4) is 0 Å². The van der Waals surface area contributed by atoms with Crippen molar-refractivity contribution in [3.05, 3.63) is 41.0 Å². The highest BCUT2D eigenvalue weighted by molar-refractivity contribution is 7.90. The second-order valence-corrected chi connectivity index (χ2v) is 8.22. The van der Waals surface area contributed by atoms with E-state index in [2.05, 4.69) is 16.9 Å². The van der Waals surface area contributed by atoms with Crippen molar-refractivity contribution in [2.75, 3.05) is 19.5 Å². The van der Waals surface area contributed by atoms with Crippen molar-refractivity contribution in [3.63, 3.8) is 0 Å². The maximum absolute atomic E-state index is 12.3. The second kappa shape index (κ2) is 9.13. The molecule has 3 rings (SSSR count). The Balaban J connectivity index is 1.95. The van der Waals surface area contributed by atoms with Crippen molar-refractivity contribution < 1.29 is 14.0 Å². The molecule has 0 fully saturated rings. The number of hydrogen-bond acceptors (Lipinski definition) is 5. The van der Waals surface area contributed by atoms with Gasteiger partial charge in [-0.2, -0.15) is 4.98 Å². The summed E-state index contributed by atoms with van der Waals surface area (Å²) in [6.07, 6.45) is 4.45. The molecule has 28 heavy (non-hydrogen) atoms. The highest BCUT2D eigenvalue weighted by Crippen LogP contribution is 2.30. The molecule has 0 aliphatic rings. The van der Waals surface area contributed by atoms with E-state index < -0.39 is 11.2 Å². The number of aromatic nitrogens is 3. The number of fused-ring (bicyclic) bond motifs is 1. The Hall–Kier alpha value is -1.80. The topological polar surface area (TPSA) is 72.2 Å². The minimum absolute atomic E-state index is 0.212. The third-order valence-corrected chi connectivity index (χ3v) is 5.52. The van der Waals surface area contributed by atoms with E-state index >= 15 is 0 Å². The smallest absolute Gasteiger partial charge is 0.329 e. The van der Waals surface area contributed by atoms with Crippen molar-refractivity contribution in [2.24, 2.45) is 0 Å². The largest absolute Gasteiger partial charge is 0.609 e. The third kappa shape index (κ3) is 4.43. The molecule has 2 unspecified atom stereocenters. The quantitative estimate of drug-likeness (QED) is 0.400.